The Labute approximate surface area is 179 Å². The Bertz CT molecular complexity index is 1110. The van der Waals surface area contributed by atoms with Crippen LogP contribution < -0.4 is 10.5 Å². The molecule has 0 bridgehead atoms. The van der Waals surface area contributed by atoms with Crippen LogP contribution in [0.15, 0.2) is 14.6 Å². The molecule has 1 aromatic carbocycles. The van der Waals surface area contributed by atoms with Gasteiger partial charge in [0.2, 0.25) is 0 Å². The van der Waals surface area contributed by atoms with Gasteiger partial charge < -0.3 is 15.5 Å². The van der Waals surface area contributed by atoms with E-state index in [2.05, 4.69) is 20.7 Å². The summed E-state index contributed by atoms with van der Waals surface area (Å²) >= 11 is 0.891. The van der Waals surface area contributed by atoms with Crippen molar-refractivity contribution in [1.82, 2.24) is 4.98 Å². The Morgan fingerprint density at radius 3 is 2.40 bits per heavy atom. The maximum atomic E-state index is 13.1. The largest absolute Gasteiger partial charge is 0.390 e. The van der Waals surface area contributed by atoms with Crippen LogP contribution in [-0.2, 0) is 47.8 Å². The lowest BCUT2D eigenvalue weighted by atomic mass is 9.99. The summed E-state index contributed by atoms with van der Waals surface area (Å²) in [5.74, 6) is 0. The molecule has 1 atom stereocenters. The molecule has 0 saturated carbocycles. The van der Waals surface area contributed by atoms with E-state index >= 15 is 0 Å². The molecule has 8 nitrogen and oxygen atoms in total. The number of anilines is 1. The van der Waals surface area contributed by atoms with Gasteiger partial charge in [-0.25, -0.2) is 19.1 Å². The van der Waals surface area contributed by atoms with Crippen LogP contribution in [0.25, 0.3) is 0 Å². The summed E-state index contributed by atoms with van der Waals surface area (Å²) in [5, 5.41) is 28.8. The number of nitrogens with two attached hydrogens (primary N) is 1. The quantitative estimate of drug-likeness (QED) is 0.567. The second kappa shape index (κ2) is 7.69. The van der Waals surface area contributed by atoms with E-state index in [9.17, 15) is 19.2 Å². The molecule has 30 heavy (non-hydrogen) atoms. The number of aliphatic hydroxyl groups excluding tert-OH is 1. The van der Waals surface area contributed by atoms with Crippen molar-refractivity contribution in [3.05, 3.63) is 39.0 Å². The first kappa shape index (κ1) is 21.4. The third-order valence-electron chi connectivity index (χ3n) is 5.52. The van der Waals surface area contributed by atoms with E-state index in [1.807, 2.05) is 0 Å². The van der Waals surface area contributed by atoms with Crippen LogP contribution in [-0.4, -0.2) is 25.4 Å². The highest BCUT2D eigenvalue weighted by Crippen LogP contribution is 2.39. The molecule has 0 radical (unpaired) electrons. The summed E-state index contributed by atoms with van der Waals surface area (Å²) in [6, 6.07) is 1.48. The number of carbonyl (C=O) groups is 1. The standard InChI is InChI=1S/C20H26N4O4S2/c1-20(2,27)18-22-15(10-25)17(29-18)30(21,28)24-19(26)23-16-13-7-3-5-11(13)9-12-6-4-8-14(12)16/h9,25,27H,3-8,10H2,1-2H3,(H3,21,23,24,26,28). The number of hydrogen-bond acceptors (Lipinski definition) is 6. The number of aliphatic hydroxyl groups is 2. The number of aromatic nitrogens is 1. The summed E-state index contributed by atoms with van der Waals surface area (Å²) in [7, 11) is -3.64. The number of amides is 2. The molecular formula is C20H26N4O4S2. The van der Waals surface area contributed by atoms with E-state index in [1.165, 1.54) is 25.0 Å². The molecule has 0 fully saturated rings. The first-order valence-electron chi connectivity index (χ1n) is 9.96. The monoisotopic (exact) mass is 450 g/mol. The van der Waals surface area contributed by atoms with Gasteiger partial charge in [-0.3, -0.25) is 0 Å². The van der Waals surface area contributed by atoms with Gasteiger partial charge in [0.05, 0.1) is 12.3 Å². The molecule has 2 aromatic rings. The Morgan fingerprint density at radius 2 is 1.87 bits per heavy atom. The van der Waals surface area contributed by atoms with Crippen molar-refractivity contribution in [1.29, 1.82) is 0 Å². The molecule has 2 aliphatic carbocycles. The molecule has 5 N–H and O–H groups in total. The van der Waals surface area contributed by atoms with Crippen LogP contribution in [0.2, 0.25) is 0 Å². The smallest absolute Gasteiger partial charge is 0.354 e. The van der Waals surface area contributed by atoms with Crippen molar-refractivity contribution in [2.75, 3.05) is 5.32 Å². The molecule has 0 saturated heterocycles. The lowest BCUT2D eigenvalue weighted by Crippen LogP contribution is -2.19. The zero-order valence-electron chi connectivity index (χ0n) is 17.0. The molecule has 0 aliphatic heterocycles. The highest BCUT2D eigenvalue weighted by atomic mass is 32.2. The molecule has 1 unspecified atom stereocenters. The normalized spacial score (nSPS) is 17.4. The lowest BCUT2D eigenvalue weighted by molar-refractivity contribution is 0.0779. The number of hydrogen-bond donors (Lipinski definition) is 4. The van der Waals surface area contributed by atoms with Crippen LogP contribution in [0.3, 0.4) is 0 Å². The van der Waals surface area contributed by atoms with Crippen molar-refractivity contribution in [3.63, 3.8) is 0 Å². The van der Waals surface area contributed by atoms with Crippen LogP contribution >= 0.6 is 11.3 Å². The number of benzene rings is 1. The van der Waals surface area contributed by atoms with Gasteiger partial charge in [-0.15, -0.1) is 15.7 Å². The molecule has 1 heterocycles. The van der Waals surface area contributed by atoms with Gasteiger partial charge in [0.15, 0.2) is 9.92 Å². The molecular weight excluding hydrogens is 424 g/mol. The predicted molar refractivity (Wildman–Crippen MR) is 116 cm³/mol. The zero-order chi connectivity index (χ0) is 21.7. The average molecular weight is 451 g/mol. The number of aryl methyl sites for hydroxylation is 2. The third-order valence-corrected chi connectivity index (χ3v) is 8.90. The van der Waals surface area contributed by atoms with E-state index in [4.69, 9.17) is 5.14 Å². The van der Waals surface area contributed by atoms with Crippen molar-refractivity contribution in [2.24, 2.45) is 9.50 Å². The zero-order valence-corrected chi connectivity index (χ0v) is 18.7. The lowest BCUT2D eigenvalue weighted by Gasteiger charge is -2.15. The number of urea groups is 1. The number of thiazole rings is 1. The van der Waals surface area contributed by atoms with Crippen molar-refractivity contribution < 1.29 is 19.2 Å². The predicted octanol–water partition coefficient (Wildman–Crippen LogP) is 2.77. The summed E-state index contributed by atoms with van der Waals surface area (Å²) in [5.41, 5.74) is 4.36. The number of nitrogens with zero attached hydrogens (tertiary/aromatic N) is 2. The number of rotatable bonds is 4. The average Bonchev–Trinajstić information content (AvgIpc) is 3.38. The SMILES string of the molecule is CC(C)(O)c1nc(CO)c(S(N)(=O)=NC(=O)Nc2c3c(cc4c2CCC4)CCC3)s1. The van der Waals surface area contributed by atoms with E-state index < -0.39 is 28.2 Å². The van der Waals surface area contributed by atoms with Gasteiger partial charge >= 0.3 is 6.03 Å². The minimum atomic E-state index is -3.64. The van der Waals surface area contributed by atoms with Gasteiger partial charge in [0.1, 0.15) is 14.8 Å². The Morgan fingerprint density at radius 1 is 1.27 bits per heavy atom. The number of fused-ring (bicyclic) bond motifs is 2. The third kappa shape index (κ3) is 3.90. The summed E-state index contributed by atoms with van der Waals surface area (Å²) in [6.07, 6.45) is 5.88. The number of nitrogens with one attached hydrogen (secondary N) is 1. The van der Waals surface area contributed by atoms with Crippen LogP contribution in [0.5, 0.6) is 0 Å². The van der Waals surface area contributed by atoms with Crippen LogP contribution in [0.4, 0.5) is 10.5 Å². The van der Waals surface area contributed by atoms with E-state index in [1.54, 1.807) is 0 Å². The molecule has 10 heteroatoms. The molecule has 4 rings (SSSR count). The second-order valence-electron chi connectivity index (χ2n) is 8.29. The molecule has 2 amide bonds. The first-order chi connectivity index (χ1) is 14.1. The van der Waals surface area contributed by atoms with Gasteiger partial charge in [-0.2, -0.15) is 0 Å². The van der Waals surface area contributed by atoms with Crippen molar-refractivity contribution in [3.8, 4) is 0 Å². The van der Waals surface area contributed by atoms with Gasteiger partial charge in [-0.05, 0) is 74.6 Å². The minimum Gasteiger partial charge on any atom is -0.390 e. The van der Waals surface area contributed by atoms with Gasteiger partial charge in [0, 0.05) is 5.69 Å². The highest BCUT2D eigenvalue weighted by molar-refractivity contribution is 7.93. The van der Waals surface area contributed by atoms with Crippen LogP contribution in [0.1, 0.15) is 59.6 Å². The Hall–Kier alpha value is -1.85. The summed E-state index contributed by atoms with van der Waals surface area (Å²) < 4.78 is 16.9. The Kier molecular flexibility index (Phi) is 5.48. The van der Waals surface area contributed by atoms with Gasteiger partial charge in [0.25, 0.3) is 0 Å². The fourth-order valence-corrected chi connectivity index (χ4v) is 6.65. The molecule has 1 aromatic heterocycles. The van der Waals surface area contributed by atoms with E-state index in [0.29, 0.717) is 0 Å². The fraction of sp³-hybridized carbons (Fsp3) is 0.500. The molecule has 2 aliphatic rings. The molecule has 0 spiro atoms. The highest BCUT2D eigenvalue weighted by Gasteiger charge is 2.28. The first-order valence-corrected chi connectivity index (χ1v) is 12.4. The summed E-state index contributed by atoms with van der Waals surface area (Å²) in [4.78, 5) is 16.9. The topological polar surface area (TPSA) is 138 Å². The maximum absolute atomic E-state index is 13.1. The minimum absolute atomic E-state index is 0.000736. The Balaban J connectivity index is 1.69. The van der Waals surface area contributed by atoms with Crippen molar-refractivity contribution in [2.45, 2.75) is 68.8 Å². The van der Waals surface area contributed by atoms with E-state index in [-0.39, 0.29) is 14.9 Å². The maximum Gasteiger partial charge on any atom is 0.354 e. The number of carbonyl (C=O) groups excluding carboxylic acids is 1. The van der Waals surface area contributed by atoms with Gasteiger partial charge in [-0.1, -0.05) is 6.07 Å². The fourth-order valence-electron chi connectivity index (χ4n) is 4.19. The molecule has 162 valence electrons. The van der Waals surface area contributed by atoms with Crippen LogP contribution in [0, 0.1) is 0 Å². The second-order valence-corrected chi connectivity index (χ2v) is 11.3. The van der Waals surface area contributed by atoms with Crippen molar-refractivity contribution >= 4 is 33.0 Å². The summed E-state index contributed by atoms with van der Waals surface area (Å²) in [6.45, 7) is 2.53. The van der Waals surface area contributed by atoms with E-state index in [0.717, 1.165) is 66.7 Å².